The third-order valence-corrected chi connectivity index (χ3v) is 7.43. The summed E-state index contributed by atoms with van der Waals surface area (Å²) in [4.78, 5) is 16.7. The van der Waals surface area contributed by atoms with E-state index in [1.807, 2.05) is 12.1 Å². The normalized spacial score (nSPS) is 15.2. The van der Waals surface area contributed by atoms with E-state index in [4.69, 9.17) is 4.74 Å². The molecule has 0 atom stereocenters. The number of ether oxygens (including phenoxy) is 1. The lowest BCUT2D eigenvalue weighted by Gasteiger charge is -2.21. The van der Waals surface area contributed by atoms with Crippen LogP contribution in [0.2, 0.25) is 0 Å². The van der Waals surface area contributed by atoms with Gasteiger partial charge in [-0.1, -0.05) is 31.4 Å². The smallest absolute Gasteiger partial charge is 0.256 e. The lowest BCUT2D eigenvalue weighted by Crippen LogP contribution is -2.26. The molecule has 1 aromatic carbocycles. The van der Waals surface area contributed by atoms with Crippen LogP contribution in [-0.4, -0.2) is 38.2 Å². The van der Waals surface area contributed by atoms with Gasteiger partial charge in [0.05, 0.1) is 17.3 Å². The van der Waals surface area contributed by atoms with Crippen molar-refractivity contribution in [2.75, 3.05) is 13.7 Å². The number of methoxy groups -OCH3 is 1. The largest absolute Gasteiger partial charge is 0.480 e. The molecule has 0 spiro atoms. The van der Waals surface area contributed by atoms with E-state index in [0.29, 0.717) is 23.4 Å². The molecule has 0 bridgehead atoms. The van der Waals surface area contributed by atoms with Crippen LogP contribution in [0.4, 0.5) is 0 Å². The second kappa shape index (κ2) is 9.19. The molecule has 1 heterocycles. The topological polar surface area (TPSA) is 85.4 Å². The fourth-order valence-corrected chi connectivity index (χ4v) is 5.41. The van der Waals surface area contributed by atoms with Crippen LogP contribution in [0, 0.1) is 0 Å². The SMILES string of the molecule is COc1ncccc1C(=O)NCCc1ccc(S(=O)(=O)C2CCCCC2)cc1. The number of rotatable bonds is 7. The summed E-state index contributed by atoms with van der Waals surface area (Å²) in [5, 5.41) is 2.59. The fraction of sp³-hybridized carbons (Fsp3) is 0.429. The zero-order chi connectivity index (χ0) is 20.0. The Bertz CT molecular complexity index is 904. The van der Waals surface area contributed by atoms with Gasteiger partial charge in [-0.05, 0) is 49.1 Å². The lowest BCUT2D eigenvalue weighted by atomic mass is 10.0. The van der Waals surface area contributed by atoms with E-state index in [-0.39, 0.29) is 17.0 Å². The summed E-state index contributed by atoms with van der Waals surface area (Å²) in [5.41, 5.74) is 1.36. The summed E-state index contributed by atoms with van der Waals surface area (Å²) >= 11 is 0. The van der Waals surface area contributed by atoms with Gasteiger partial charge < -0.3 is 10.1 Å². The number of hydrogen-bond acceptors (Lipinski definition) is 5. The molecule has 1 fully saturated rings. The van der Waals surface area contributed by atoms with Gasteiger partial charge in [-0.25, -0.2) is 13.4 Å². The molecule has 3 rings (SSSR count). The molecule has 1 amide bonds. The Balaban J connectivity index is 1.57. The number of nitrogens with one attached hydrogen (secondary N) is 1. The van der Waals surface area contributed by atoms with Crippen LogP contribution in [0.3, 0.4) is 0 Å². The van der Waals surface area contributed by atoms with E-state index in [2.05, 4.69) is 10.3 Å². The molecule has 0 aliphatic heterocycles. The highest BCUT2D eigenvalue weighted by molar-refractivity contribution is 7.92. The van der Waals surface area contributed by atoms with Crippen molar-refractivity contribution < 1.29 is 17.9 Å². The monoisotopic (exact) mass is 402 g/mol. The first-order valence-electron chi connectivity index (χ1n) is 9.62. The Morgan fingerprint density at radius 1 is 1.14 bits per heavy atom. The van der Waals surface area contributed by atoms with Gasteiger partial charge in [-0.2, -0.15) is 0 Å². The van der Waals surface area contributed by atoms with Crippen LogP contribution in [0.1, 0.15) is 48.0 Å². The number of pyridine rings is 1. The minimum absolute atomic E-state index is 0.249. The number of hydrogen-bond donors (Lipinski definition) is 1. The standard InChI is InChI=1S/C21H26N2O4S/c1-27-21-19(8-5-14-23-21)20(24)22-15-13-16-9-11-18(12-10-16)28(25,26)17-6-3-2-4-7-17/h5,8-12,14,17H,2-4,6-7,13,15H2,1H3,(H,22,24). The molecule has 7 heteroatoms. The minimum Gasteiger partial charge on any atom is -0.480 e. The van der Waals surface area contributed by atoms with E-state index in [0.717, 1.165) is 37.7 Å². The summed E-state index contributed by atoms with van der Waals surface area (Å²) in [7, 11) is -1.77. The van der Waals surface area contributed by atoms with Crippen molar-refractivity contribution in [2.45, 2.75) is 48.7 Å². The molecule has 0 radical (unpaired) electrons. The molecule has 0 unspecified atom stereocenters. The summed E-state index contributed by atoms with van der Waals surface area (Å²) in [6.45, 7) is 0.436. The van der Waals surface area contributed by atoms with Gasteiger partial charge in [0.25, 0.3) is 5.91 Å². The van der Waals surface area contributed by atoms with Gasteiger partial charge in [0.1, 0.15) is 5.56 Å². The minimum atomic E-state index is -3.25. The molecular formula is C21H26N2O4S. The average Bonchev–Trinajstić information content (AvgIpc) is 2.74. The van der Waals surface area contributed by atoms with Crippen LogP contribution < -0.4 is 10.1 Å². The lowest BCUT2D eigenvalue weighted by molar-refractivity contribution is 0.0950. The van der Waals surface area contributed by atoms with Crippen molar-refractivity contribution in [1.82, 2.24) is 10.3 Å². The van der Waals surface area contributed by atoms with E-state index in [1.165, 1.54) is 7.11 Å². The molecule has 0 saturated heterocycles. The molecule has 150 valence electrons. The molecule has 6 nitrogen and oxygen atoms in total. The molecule has 1 saturated carbocycles. The Morgan fingerprint density at radius 2 is 1.86 bits per heavy atom. The summed E-state index contributed by atoms with van der Waals surface area (Å²) in [6.07, 6.45) is 6.80. The number of amides is 1. The average molecular weight is 403 g/mol. The molecule has 1 aliphatic rings. The zero-order valence-corrected chi connectivity index (χ0v) is 16.9. The molecule has 1 aromatic heterocycles. The molecule has 2 aromatic rings. The van der Waals surface area contributed by atoms with Gasteiger partial charge in [0, 0.05) is 12.7 Å². The van der Waals surface area contributed by atoms with E-state index in [1.54, 1.807) is 30.5 Å². The van der Waals surface area contributed by atoms with Crippen LogP contribution in [0.5, 0.6) is 5.88 Å². The van der Waals surface area contributed by atoms with Crippen LogP contribution in [-0.2, 0) is 16.3 Å². The highest BCUT2D eigenvalue weighted by Gasteiger charge is 2.28. The molecule has 1 N–H and O–H groups in total. The third kappa shape index (κ3) is 4.70. The maximum absolute atomic E-state index is 12.7. The summed E-state index contributed by atoms with van der Waals surface area (Å²) in [5.74, 6) is 0.0405. The maximum Gasteiger partial charge on any atom is 0.256 e. The molecular weight excluding hydrogens is 376 g/mol. The second-order valence-electron chi connectivity index (χ2n) is 7.02. The van der Waals surface area contributed by atoms with Gasteiger partial charge in [-0.3, -0.25) is 4.79 Å². The number of nitrogens with zero attached hydrogens (tertiary/aromatic N) is 1. The number of sulfone groups is 1. The number of carbonyl (C=O) groups is 1. The van der Waals surface area contributed by atoms with Crippen molar-refractivity contribution >= 4 is 15.7 Å². The maximum atomic E-state index is 12.7. The van der Waals surface area contributed by atoms with Gasteiger partial charge in [0.2, 0.25) is 5.88 Å². The van der Waals surface area contributed by atoms with Crippen LogP contribution in [0.15, 0.2) is 47.5 Å². The van der Waals surface area contributed by atoms with E-state index in [9.17, 15) is 13.2 Å². The molecule has 1 aliphatic carbocycles. The van der Waals surface area contributed by atoms with Gasteiger partial charge in [0.15, 0.2) is 9.84 Å². The number of benzene rings is 1. The first-order valence-corrected chi connectivity index (χ1v) is 11.2. The van der Waals surface area contributed by atoms with Gasteiger partial charge in [-0.15, -0.1) is 0 Å². The van der Waals surface area contributed by atoms with E-state index >= 15 is 0 Å². The zero-order valence-electron chi connectivity index (χ0n) is 16.1. The van der Waals surface area contributed by atoms with Crippen molar-refractivity contribution in [3.8, 4) is 5.88 Å². The molecule has 28 heavy (non-hydrogen) atoms. The number of carbonyl (C=O) groups excluding carboxylic acids is 1. The highest BCUT2D eigenvalue weighted by Crippen LogP contribution is 2.28. The van der Waals surface area contributed by atoms with Crippen molar-refractivity contribution in [3.63, 3.8) is 0 Å². The van der Waals surface area contributed by atoms with Gasteiger partial charge >= 0.3 is 0 Å². The second-order valence-corrected chi connectivity index (χ2v) is 9.24. The number of aromatic nitrogens is 1. The van der Waals surface area contributed by atoms with Crippen LogP contribution >= 0.6 is 0 Å². The Morgan fingerprint density at radius 3 is 2.54 bits per heavy atom. The highest BCUT2D eigenvalue weighted by atomic mass is 32.2. The first kappa shape index (κ1) is 20.3. The Labute approximate surface area is 166 Å². The third-order valence-electron chi connectivity index (χ3n) is 5.15. The predicted molar refractivity (Wildman–Crippen MR) is 107 cm³/mol. The first-order chi connectivity index (χ1) is 13.5. The van der Waals surface area contributed by atoms with Crippen molar-refractivity contribution in [2.24, 2.45) is 0 Å². The van der Waals surface area contributed by atoms with E-state index < -0.39 is 9.84 Å². The van der Waals surface area contributed by atoms with Crippen LogP contribution in [0.25, 0.3) is 0 Å². The van der Waals surface area contributed by atoms with Crippen molar-refractivity contribution in [3.05, 3.63) is 53.7 Å². The van der Waals surface area contributed by atoms with Crippen molar-refractivity contribution in [1.29, 1.82) is 0 Å². The fourth-order valence-electron chi connectivity index (χ4n) is 3.56. The Kier molecular flexibility index (Phi) is 6.67. The Hall–Kier alpha value is -2.41. The summed E-state index contributed by atoms with van der Waals surface area (Å²) < 4.78 is 30.6. The summed E-state index contributed by atoms with van der Waals surface area (Å²) in [6, 6.07) is 10.4. The quantitative estimate of drug-likeness (QED) is 0.769. The predicted octanol–water partition coefficient (Wildman–Crippen LogP) is 3.17.